The van der Waals surface area contributed by atoms with Crippen LogP contribution in [0.3, 0.4) is 0 Å². The molecule has 0 aromatic carbocycles. The molecule has 2 N–H and O–H groups in total. The smallest absolute Gasteiger partial charge is 0.393 e. The first kappa shape index (κ1) is 17.7. The van der Waals surface area contributed by atoms with Crippen LogP contribution in [0.15, 0.2) is 17.5 Å². The average Bonchev–Trinajstić information content (AvgIpc) is 3.12. The first-order valence-electron chi connectivity index (χ1n) is 7.03. The summed E-state index contributed by atoms with van der Waals surface area (Å²) in [5, 5.41) is 13.5. The Bertz CT molecular complexity index is 562. The molecule has 1 aromatic heterocycles. The Balaban J connectivity index is 1.97. The molecular formula is C14H17F3N2O3S. The van der Waals surface area contributed by atoms with Gasteiger partial charge >= 0.3 is 12.1 Å². The molecule has 0 saturated carbocycles. The second-order valence-corrected chi connectivity index (χ2v) is 6.55. The molecule has 1 aliphatic rings. The Morgan fingerprint density at radius 3 is 2.65 bits per heavy atom. The largest absolute Gasteiger partial charge is 0.481 e. The van der Waals surface area contributed by atoms with Gasteiger partial charge in [0.2, 0.25) is 5.91 Å². The minimum Gasteiger partial charge on any atom is -0.481 e. The summed E-state index contributed by atoms with van der Waals surface area (Å²) < 4.78 is 38.9. The summed E-state index contributed by atoms with van der Waals surface area (Å²) >= 11 is 1.46. The number of carbonyl (C=O) groups is 2. The maximum atomic E-state index is 13.0. The van der Waals surface area contributed by atoms with E-state index in [1.165, 1.54) is 23.2 Å². The van der Waals surface area contributed by atoms with Gasteiger partial charge in [0, 0.05) is 18.0 Å². The van der Waals surface area contributed by atoms with E-state index in [4.69, 9.17) is 5.11 Å². The van der Waals surface area contributed by atoms with Crippen molar-refractivity contribution in [1.29, 1.82) is 0 Å². The van der Waals surface area contributed by atoms with E-state index in [9.17, 15) is 22.8 Å². The lowest BCUT2D eigenvalue weighted by Crippen LogP contribution is -2.44. The maximum Gasteiger partial charge on any atom is 0.393 e. The Morgan fingerprint density at radius 2 is 2.17 bits per heavy atom. The molecule has 23 heavy (non-hydrogen) atoms. The SMILES string of the molecule is CC(C(=O)NCc1cccs1)N1C[C@@H](C(F)(F)F)[C@H](C(=O)O)C1. The van der Waals surface area contributed by atoms with E-state index in [2.05, 4.69) is 5.32 Å². The zero-order valence-electron chi connectivity index (χ0n) is 12.3. The zero-order chi connectivity index (χ0) is 17.2. The summed E-state index contributed by atoms with van der Waals surface area (Å²) in [6, 6.07) is 2.86. The van der Waals surface area contributed by atoms with Crippen molar-refractivity contribution in [2.24, 2.45) is 11.8 Å². The second-order valence-electron chi connectivity index (χ2n) is 5.52. The molecule has 1 unspecified atom stereocenters. The summed E-state index contributed by atoms with van der Waals surface area (Å²) in [7, 11) is 0. The summed E-state index contributed by atoms with van der Waals surface area (Å²) in [6.45, 7) is 1.03. The number of halogens is 3. The number of hydrogen-bond donors (Lipinski definition) is 2. The number of carboxylic acids is 1. The number of nitrogens with one attached hydrogen (secondary N) is 1. The summed E-state index contributed by atoms with van der Waals surface area (Å²) in [6.07, 6.45) is -4.59. The third kappa shape index (κ3) is 4.23. The Kier molecular flexibility index (Phi) is 5.30. The Labute approximate surface area is 135 Å². The van der Waals surface area contributed by atoms with Crippen LogP contribution in [0.25, 0.3) is 0 Å². The van der Waals surface area contributed by atoms with Crippen LogP contribution in [0, 0.1) is 11.8 Å². The number of likely N-dealkylation sites (tertiary alicyclic amines) is 1. The van der Waals surface area contributed by atoms with Crippen molar-refractivity contribution in [3.8, 4) is 0 Å². The first-order chi connectivity index (χ1) is 10.7. The van der Waals surface area contributed by atoms with E-state index >= 15 is 0 Å². The summed E-state index contributed by atoms with van der Waals surface area (Å²) in [5.41, 5.74) is 0. The lowest BCUT2D eigenvalue weighted by Gasteiger charge is -2.23. The van der Waals surface area contributed by atoms with Gasteiger partial charge in [0.1, 0.15) is 0 Å². The van der Waals surface area contributed by atoms with Gasteiger partial charge in [0.25, 0.3) is 0 Å². The molecule has 3 atom stereocenters. The van der Waals surface area contributed by atoms with Crippen molar-refractivity contribution in [3.63, 3.8) is 0 Å². The zero-order valence-corrected chi connectivity index (χ0v) is 13.2. The van der Waals surface area contributed by atoms with Crippen molar-refractivity contribution in [2.45, 2.75) is 25.7 Å². The van der Waals surface area contributed by atoms with Gasteiger partial charge in [-0.1, -0.05) is 6.07 Å². The third-order valence-electron chi connectivity index (χ3n) is 4.03. The quantitative estimate of drug-likeness (QED) is 0.852. The number of thiophene rings is 1. The van der Waals surface area contributed by atoms with Crippen molar-refractivity contribution in [1.82, 2.24) is 10.2 Å². The monoisotopic (exact) mass is 350 g/mol. The molecular weight excluding hydrogens is 333 g/mol. The molecule has 1 aliphatic heterocycles. The molecule has 1 saturated heterocycles. The van der Waals surface area contributed by atoms with Crippen LogP contribution in [0.4, 0.5) is 13.2 Å². The predicted octanol–water partition coefficient (Wildman–Crippen LogP) is 1.95. The predicted molar refractivity (Wildman–Crippen MR) is 77.9 cm³/mol. The summed E-state index contributed by atoms with van der Waals surface area (Å²) in [4.78, 5) is 25.3. The Morgan fingerprint density at radius 1 is 1.48 bits per heavy atom. The molecule has 0 bridgehead atoms. The van der Waals surface area contributed by atoms with Crippen molar-refractivity contribution in [2.75, 3.05) is 13.1 Å². The number of nitrogens with zero attached hydrogens (tertiary/aromatic N) is 1. The number of amides is 1. The van der Waals surface area contributed by atoms with Crippen LogP contribution in [0.1, 0.15) is 11.8 Å². The van der Waals surface area contributed by atoms with Crippen LogP contribution in [-0.2, 0) is 16.1 Å². The van der Waals surface area contributed by atoms with Gasteiger partial charge in [-0.05, 0) is 18.4 Å². The molecule has 1 amide bonds. The molecule has 0 spiro atoms. The topological polar surface area (TPSA) is 69.6 Å². The number of alkyl halides is 3. The van der Waals surface area contributed by atoms with Crippen LogP contribution < -0.4 is 5.32 Å². The van der Waals surface area contributed by atoms with E-state index in [1.807, 2.05) is 17.5 Å². The van der Waals surface area contributed by atoms with Crippen LogP contribution >= 0.6 is 11.3 Å². The lowest BCUT2D eigenvalue weighted by atomic mass is 9.96. The van der Waals surface area contributed by atoms with E-state index < -0.39 is 42.5 Å². The summed E-state index contributed by atoms with van der Waals surface area (Å²) in [5.74, 6) is -5.39. The fourth-order valence-corrected chi connectivity index (χ4v) is 3.28. The number of hydrogen-bond acceptors (Lipinski definition) is 4. The molecule has 0 aliphatic carbocycles. The van der Waals surface area contributed by atoms with Gasteiger partial charge in [0.05, 0.1) is 24.4 Å². The normalized spacial score (nSPS) is 23.7. The van der Waals surface area contributed by atoms with E-state index in [-0.39, 0.29) is 6.54 Å². The average molecular weight is 350 g/mol. The number of aliphatic carboxylic acids is 1. The number of carbonyl (C=O) groups excluding carboxylic acids is 1. The van der Waals surface area contributed by atoms with Gasteiger partial charge < -0.3 is 10.4 Å². The van der Waals surface area contributed by atoms with Gasteiger partial charge in [-0.25, -0.2) is 0 Å². The molecule has 5 nitrogen and oxygen atoms in total. The molecule has 1 fully saturated rings. The van der Waals surface area contributed by atoms with Crippen molar-refractivity contribution >= 4 is 23.2 Å². The highest BCUT2D eigenvalue weighted by molar-refractivity contribution is 7.09. The number of rotatable bonds is 5. The van der Waals surface area contributed by atoms with Crippen LogP contribution in [0.5, 0.6) is 0 Å². The fraction of sp³-hybridized carbons (Fsp3) is 0.571. The molecule has 2 rings (SSSR count). The highest BCUT2D eigenvalue weighted by atomic mass is 32.1. The Hall–Kier alpha value is -1.61. The van der Waals surface area contributed by atoms with Gasteiger partial charge in [0.15, 0.2) is 0 Å². The van der Waals surface area contributed by atoms with Gasteiger partial charge in [-0.3, -0.25) is 14.5 Å². The first-order valence-corrected chi connectivity index (χ1v) is 7.91. The molecule has 128 valence electrons. The van der Waals surface area contributed by atoms with Gasteiger partial charge in [-0.15, -0.1) is 11.3 Å². The fourth-order valence-electron chi connectivity index (χ4n) is 2.63. The van der Waals surface area contributed by atoms with Crippen molar-refractivity contribution in [3.05, 3.63) is 22.4 Å². The molecule has 2 heterocycles. The molecule has 0 radical (unpaired) electrons. The maximum absolute atomic E-state index is 13.0. The molecule has 9 heteroatoms. The second kappa shape index (κ2) is 6.88. The van der Waals surface area contributed by atoms with Crippen molar-refractivity contribution < 1.29 is 27.9 Å². The van der Waals surface area contributed by atoms with Crippen LogP contribution in [-0.4, -0.2) is 47.2 Å². The standard InChI is InChI=1S/C14H17F3N2O3S/c1-8(12(20)18-5-9-3-2-4-23-9)19-6-10(13(21)22)11(7-19)14(15,16)17/h2-4,8,10-11H,5-7H2,1H3,(H,18,20)(H,21,22)/t8?,10-,11-/m1/s1. The van der Waals surface area contributed by atoms with Gasteiger partial charge in [-0.2, -0.15) is 13.2 Å². The van der Waals surface area contributed by atoms with E-state index in [0.717, 1.165) is 4.88 Å². The van der Waals surface area contributed by atoms with Crippen LogP contribution in [0.2, 0.25) is 0 Å². The minimum absolute atomic E-state index is 0.285. The lowest BCUT2D eigenvalue weighted by molar-refractivity contribution is -0.188. The highest BCUT2D eigenvalue weighted by Crippen LogP contribution is 2.38. The van der Waals surface area contributed by atoms with E-state index in [0.29, 0.717) is 6.54 Å². The highest BCUT2D eigenvalue weighted by Gasteiger charge is 2.53. The van der Waals surface area contributed by atoms with E-state index in [1.54, 1.807) is 0 Å². The molecule has 1 aromatic rings. The minimum atomic E-state index is -4.59. The number of carboxylic acid groups (broad SMARTS) is 1. The third-order valence-corrected chi connectivity index (χ3v) is 4.91.